The molecule has 2 aromatic rings. The van der Waals surface area contributed by atoms with E-state index < -0.39 is 0 Å². The Morgan fingerprint density at radius 3 is 2.25 bits per heavy atom. The smallest absolute Gasteiger partial charge is 0.0636 e. The molecule has 0 fully saturated rings. The minimum absolute atomic E-state index is 0.156. The van der Waals surface area contributed by atoms with Gasteiger partial charge in [-0.15, -0.1) is 0 Å². The summed E-state index contributed by atoms with van der Waals surface area (Å²) in [5, 5.41) is 3.53. The Morgan fingerprint density at radius 2 is 1.70 bits per heavy atom. The zero-order chi connectivity index (χ0) is 14.5. The molecule has 0 bridgehead atoms. The molecule has 3 N–H and O–H groups in total. The van der Waals surface area contributed by atoms with E-state index in [0.717, 1.165) is 12.1 Å². The molecule has 0 saturated heterocycles. The fraction of sp³-hybridized carbons (Fsp3) is 0.333. The number of nitrogens with one attached hydrogen (secondary N) is 1. The molecule has 0 aliphatic carbocycles. The van der Waals surface area contributed by atoms with Crippen molar-refractivity contribution in [1.82, 2.24) is 0 Å². The van der Waals surface area contributed by atoms with Crippen molar-refractivity contribution in [3.63, 3.8) is 0 Å². The summed E-state index contributed by atoms with van der Waals surface area (Å²) < 4.78 is 0. The largest absolute Gasteiger partial charge is 0.377 e. The lowest BCUT2D eigenvalue weighted by molar-refractivity contribution is 0.789. The summed E-state index contributed by atoms with van der Waals surface area (Å²) in [4.78, 5) is 0. The van der Waals surface area contributed by atoms with Crippen molar-refractivity contribution in [3.8, 4) is 0 Å². The minimum Gasteiger partial charge on any atom is -0.377 e. The predicted octanol–water partition coefficient (Wildman–Crippen LogP) is 3.98. The number of nitrogens with two attached hydrogens (primary N) is 1. The van der Waals surface area contributed by atoms with Gasteiger partial charge in [0.2, 0.25) is 0 Å². The first-order valence-corrected chi connectivity index (χ1v) is 7.26. The first-order valence-electron chi connectivity index (χ1n) is 7.26. The van der Waals surface area contributed by atoms with E-state index in [0.29, 0.717) is 6.54 Å². The number of benzene rings is 2. The van der Waals surface area contributed by atoms with Gasteiger partial charge in [0.25, 0.3) is 0 Å². The van der Waals surface area contributed by atoms with Gasteiger partial charge in [0.1, 0.15) is 0 Å². The van der Waals surface area contributed by atoms with Gasteiger partial charge in [0, 0.05) is 12.2 Å². The van der Waals surface area contributed by atoms with Gasteiger partial charge in [0.15, 0.2) is 0 Å². The van der Waals surface area contributed by atoms with Gasteiger partial charge in [-0.05, 0) is 54.7 Å². The standard InChI is InChI=1S/C18H24N2/c1-4-15-6-8-16(9-7-15)18(12-19)20-17-10-5-13(2)14(3)11-17/h5-11,18,20H,4,12,19H2,1-3H3. The fourth-order valence-corrected chi connectivity index (χ4v) is 2.30. The predicted molar refractivity (Wildman–Crippen MR) is 87.2 cm³/mol. The fourth-order valence-electron chi connectivity index (χ4n) is 2.30. The Morgan fingerprint density at radius 1 is 1.00 bits per heavy atom. The lowest BCUT2D eigenvalue weighted by Gasteiger charge is -2.19. The third kappa shape index (κ3) is 3.40. The van der Waals surface area contributed by atoms with Crippen molar-refractivity contribution < 1.29 is 0 Å². The average molecular weight is 268 g/mol. The van der Waals surface area contributed by atoms with Crippen molar-refractivity contribution in [3.05, 3.63) is 64.7 Å². The first kappa shape index (κ1) is 14.6. The minimum atomic E-state index is 0.156. The molecule has 0 saturated carbocycles. The normalized spacial score (nSPS) is 12.2. The van der Waals surface area contributed by atoms with Crippen LogP contribution in [-0.4, -0.2) is 6.54 Å². The van der Waals surface area contributed by atoms with Crippen LogP contribution < -0.4 is 11.1 Å². The highest BCUT2D eigenvalue weighted by atomic mass is 14.9. The Balaban J connectivity index is 2.16. The lowest BCUT2D eigenvalue weighted by atomic mass is 10.0. The van der Waals surface area contributed by atoms with Crippen molar-refractivity contribution >= 4 is 5.69 Å². The van der Waals surface area contributed by atoms with Gasteiger partial charge in [-0.2, -0.15) is 0 Å². The van der Waals surface area contributed by atoms with Crippen LogP contribution in [0.5, 0.6) is 0 Å². The van der Waals surface area contributed by atoms with Gasteiger partial charge < -0.3 is 11.1 Å². The molecule has 106 valence electrons. The maximum absolute atomic E-state index is 5.93. The Labute approximate surface area is 122 Å². The van der Waals surface area contributed by atoms with Gasteiger partial charge in [-0.25, -0.2) is 0 Å². The summed E-state index contributed by atoms with van der Waals surface area (Å²) in [6, 6.07) is 15.3. The quantitative estimate of drug-likeness (QED) is 0.861. The van der Waals surface area contributed by atoms with Crippen molar-refractivity contribution in [2.24, 2.45) is 5.73 Å². The van der Waals surface area contributed by atoms with Crippen LogP contribution in [0.4, 0.5) is 5.69 Å². The molecule has 1 atom stereocenters. The van der Waals surface area contributed by atoms with Crippen LogP contribution in [0.3, 0.4) is 0 Å². The molecule has 0 heterocycles. The van der Waals surface area contributed by atoms with Crippen molar-refractivity contribution in [2.45, 2.75) is 33.2 Å². The Hall–Kier alpha value is -1.80. The van der Waals surface area contributed by atoms with Crippen LogP contribution in [0.1, 0.15) is 35.2 Å². The first-order chi connectivity index (χ1) is 9.63. The van der Waals surface area contributed by atoms with E-state index in [1.54, 1.807) is 0 Å². The van der Waals surface area contributed by atoms with E-state index >= 15 is 0 Å². The molecule has 2 heteroatoms. The second-order valence-corrected chi connectivity index (χ2v) is 5.33. The van der Waals surface area contributed by atoms with E-state index in [1.807, 2.05) is 0 Å². The second-order valence-electron chi connectivity index (χ2n) is 5.33. The number of rotatable bonds is 5. The van der Waals surface area contributed by atoms with E-state index in [2.05, 4.69) is 68.6 Å². The molecule has 0 aliphatic heterocycles. The highest BCUT2D eigenvalue weighted by molar-refractivity contribution is 5.50. The molecule has 0 aliphatic rings. The van der Waals surface area contributed by atoms with Crippen LogP contribution >= 0.6 is 0 Å². The summed E-state index contributed by atoms with van der Waals surface area (Å²) in [5.74, 6) is 0. The number of hydrogen-bond donors (Lipinski definition) is 2. The summed E-state index contributed by atoms with van der Waals surface area (Å²) in [6.07, 6.45) is 1.07. The Kier molecular flexibility index (Phi) is 4.80. The molecular formula is C18H24N2. The van der Waals surface area contributed by atoms with E-state index in [4.69, 9.17) is 5.73 Å². The van der Waals surface area contributed by atoms with Gasteiger partial charge in [-0.3, -0.25) is 0 Å². The molecule has 20 heavy (non-hydrogen) atoms. The van der Waals surface area contributed by atoms with Crippen molar-refractivity contribution in [1.29, 1.82) is 0 Å². The summed E-state index contributed by atoms with van der Waals surface area (Å²) >= 11 is 0. The van der Waals surface area contributed by atoms with Gasteiger partial charge in [0.05, 0.1) is 6.04 Å². The summed E-state index contributed by atoms with van der Waals surface area (Å²) in [6.45, 7) is 7.01. The number of hydrogen-bond acceptors (Lipinski definition) is 2. The molecule has 0 spiro atoms. The molecule has 0 amide bonds. The van der Waals surface area contributed by atoms with Crippen LogP contribution in [0, 0.1) is 13.8 Å². The summed E-state index contributed by atoms with van der Waals surface area (Å²) in [7, 11) is 0. The third-order valence-electron chi connectivity index (χ3n) is 3.87. The molecule has 1 unspecified atom stereocenters. The van der Waals surface area contributed by atoms with Crippen LogP contribution in [0.2, 0.25) is 0 Å². The molecule has 0 aromatic heterocycles. The maximum atomic E-state index is 5.93. The molecular weight excluding hydrogens is 244 g/mol. The SMILES string of the molecule is CCc1ccc(C(CN)Nc2ccc(C)c(C)c2)cc1. The van der Waals surface area contributed by atoms with Crippen LogP contribution in [0.15, 0.2) is 42.5 Å². The lowest BCUT2D eigenvalue weighted by Crippen LogP contribution is -2.20. The highest BCUT2D eigenvalue weighted by Crippen LogP contribution is 2.21. The Bertz CT molecular complexity index is 558. The van der Waals surface area contributed by atoms with Crippen LogP contribution in [-0.2, 0) is 6.42 Å². The average Bonchev–Trinajstić information content (AvgIpc) is 2.48. The zero-order valence-electron chi connectivity index (χ0n) is 12.6. The van der Waals surface area contributed by atoms with Gasteiger partial charge >= 0.3 is 0 Å². The highest BCUT2D eigenvalue weighted by Gasteiger charge is 2.09. The van der Waals surface area contributed by atoms with Crippen molar-refractivity contribution in [2.75, 3.05) is 11.9 Å². The number of anilines is 1. The van der Waals surface area contributed by atoms with Crippen LogP contribution in [0.25, 0.3) is 0 Å². The molecule has 0 radical (unpaired) electrons. The molecule has 2 nitrogen and oxygen atoms in total. The molecule has 2 rings (SSSR count). The molecule has 2 aromatic carbocycles. The topological polar surface area (TPSA) is 38.0 Å². The maximum Gasteiger partial charge on any atom is 0.0636 e. The third-order valence-corrected chi connectivity index (χ3v) is 3.87. The summed E-state index contributed by atoms with van der Waals surface area (Å²) in [5.41, 5.74) is 12.3. The van der Waals surface area contributed by atoms with E-state index in [-0.39, 0.29) is 6.04 Å². The van der Waals surface area contributed by atoms with E-state index in [1.165, 1.54) is 22.3 Å². The zero-order valence-corrected chi connectivity index (χ0v) is 12.6. The number of aryl methyl sites for hydroxylation is 3. The van der Waals surface area contributed by atoms with E-state index in [9.17, 15) is 0 Å². The van der Waals surface area contributed by atoms with Gasteiger partial charge in [-0.1, -0.05) is 37.3 Å². The second kappa shape index (κ2) is 6.58. The monoisotopic (exact) mass is 268 g/mol.